The Hall–Kier alpha value is -5.57. The second-order valence-electron chi connectivity index (χ2n) is 15.2. The standard InChI is InChI=1S/C47H44F6N3/c1-7-54-39-25-23-33(46(48,49)50)29-37(39)44(3,4)41(54)27-21-31-19-20-32(43(31)56(35-15-11-9-12-16-35)36-17-13-10-14-18-36)22-28-42-45(5,6)38-30-34(47(51,52)53)24-26-40(38)55(42)8-2/h9-30H,7-8H2,1-6H3/q+1. The summed E-state index contributed by atoms with van der Waals surface area (Å²) < 4.78 is 85.1. The van der Waals surface area contributed by atoms with Crippen molar-refractivity contribution in [3.05, 3.63) is 178 Å². The van der Waals surface area contributed by atoms with E-state index in [2.05, 4.69) is 14.4 Å². The Morgan fingerprint density at radius 3 is 1.79 bits per heavy atom. The van der Waals surface area contributed by atoms with Crippen molar-refractivity contribution in [2.45, 2.75) is 64.7 Å². The average molecular weight is 765 g/mol. The van der Waals surface area contributed by atoms with Crippen molar-refractivity contribution in [3.63, 3.8) is 0 Å². The highest BCUT2D eigenvalue weighted by atomic mass is 19.4. The number of halogens is 6. The highest BCUT2D eigenvalue weighted by Crippen LogP contribution is 2.50. The number of benzene rings is 4. The highest BCUT2D eigenvalue weighted by Gasteiger charge is 2.46. The number of nitrogens with zero attached hydrogens (tertiary/aromatic N) is 3. The van der Waals surface area contributed by atoms with Gasteiger partial charge in [-0.15, -0.1) is 0 Å². The maximum Gasteiger partial charge on any atom is 0.416 e. The number of rotatable bonds is 8. The van der Waals surface area contributed by atoms with Crippen LogP contribution in [0.3, 0.4) is 0 Å². The number of alkyl halides is 6. The molecule has 56 heavy (non-hydrogen) atoms. The summed E-state index contributed by atoms with van der Waals surface area (Å²) in [5.41, 5.74) is 6.21. The summed E-state index contributed by atoms with van der Waals surface area (Å²) >= 11 is 0. The number of allylic oxidation sites excluding steroid dienone is 8. The molecule has 4 aromatic carbocycles. The molecule has 0 saturated heterocycles. The fraction of sp³-hybridized carbons (Fsp3) is 0.255. The molecule has 2 aliphatic heterocycles. The quantitative estimate of drug-likeness (QED) is 0.131. The molecule has 7 rings (SSSR count). The maximum absolute atomic E-state index is 13.8. The third-order valence-electron chi connectivity index (χ3n) is 11.2. The first-order valence-corrected chi connectivity index (χ1v) is 18.8. The first kappa shape index (κ1) is 38.7. The molecule has 4 aromatic rings. The largest absolute Gasteiger partial charge is 0.416 e. The van der Waals surface area contributed by atoms with Crippen LogP contribution in [0.5, 0.6) is 0 Å². The third-order valence-corrected chi connectivity index (χ3v) is 11.2. The van der Waals surface area contributed by atoms with Crippen LogP contribution in [0.2, 0.25) is 0 Å². The van der Waals surface area contributed by atoms with Crippen LogP contribution in [0.4, 0.5) is 49.1 Å². The number of para-hydroxylation sites is 2. The number of hydrogen-bond donors (Lipinski definition) is 0. The Morgan fingerprint density at radius 1 is 0.661 bits per heavy atom. The van der Waals surface area contributed by atoms with E-state index in [1.807, 2.05) is 139 Å². The zero-order valence-corrected chi connectivity index (χ0v) is 32.2. The maximum atomic E-state index is 13.8. The second-order valence-corrected chi connectivity index (χ2v) is 15.2. The van der Waals surface area contributed by atoms with Crippen LogP contribution >= 0.6 is 0 Å². The fourth-order valence-electron chi connectivity index (χ4n) is 8.32. The van der Waals surface area contributed by atoms with Gasteiger partial charge in [-0.3, -0.25) is 0 Å². The molecule has 0 fully saturated rings. The van der Waals surface area contributed by atoms with Crippen LogP contribution in [0.25, 0.3) is 0 Å². The van der Waals surface area contributed by atoms with E-state index in [1.165, 1.54) is 12.1 Å². The van der Waals surface area contributed by atoms with E-state index in [4.69, 9.17) is 0 Å². The van der Waals surface area contributed by atoms with E-state index in [1.54, 1.807) is 12.1 Å². The third kappa shape index (κ3) is 6.71. The lowest BCUT2D eigenvalue weighted by Crippen LogP contribution is -2.28. The number of anilines is 3. The minimum Gasteiger partial charge on any atom is -0.344 e. The van der Waals surface area contributed by atoms with Gasteiger partial charge in [-0.2, -0.15) is 30.9 Å². The van der Waals surface area contributed by atoms with Gasteiger partial charge < -0.3 is 9.80 Å². The van der Waals surface area contributed by atoms with Crippen LogP contribution in [0, 0.1) is 0 Å². The first-order valence-electron chi connectivity index (χ1n) is 18.8. The number of hydrogen-bond acceptors (Lipinski definition) is 2. The summed E-state index contributed by atoms with van der Waals surface area (Å²) in [4.78, 5) is 4.25. The van der Waals surface area contributed by atoms with Gasteiger partial charge in [0.2, 0.25) is 5.69 Å². The van der Waals surface area contributed by atoms with Crippen LogP contribution in [0.1, 0.15) is 63.8 Å². The van der Waals surface area contributed by atoms with Gasteiger partial charge in [0.25, 0.3) is 0 Å². The van der Waals surface area contributed by atoms with Gasteiger partial charge in [0.05, 0.1) is 22.2 Å². The Kier molecular flexibility index (Phi) is 9.80. The summed E-state index contributed by atoms with van der Waals surface area (Å²) in [7, 11) is 0. The van der Waals surface area contributed by atoms with Crippen molar-refractivity contribution >= 4 is 28.5 Å². The van der Waals surface area contributed by atoms with Crippen molar-refractivity contribution in [2.24, 2.45) is 0 Å². The number of likely N-dealkylation sites (N-methyl/N-ethyl adjacent to an activating group) is 1. The van der Waals surface area contributed by atoms with Crippen LogP contribution < -0.4 is 9.80 Å². The molecule has 0 saturated carbocycles. The normalized spacial score (nSPS) is 18.9. The molecule has 0 amide bonds. The van der Waals surface area contributed by atoms with E-state index in [9.17, 15) is 26.3 Å². The molecule has 1 aliphatic carbocycles. The molecule has 0 atom stereocenters. The van der Waals surface area contributed by atoms with Crippen molar-refractivity contribution in [1.29, 1.82) is 0 Å². The van der Waals surface area contributed by atoms with Crippen LogP contribution in [-0.4, -0.2) is 23.4 Å². The fourth-order valence-corrected chi connectivity index (χ4v) is 8.32. The Morgan fingerprint density at radius 2 is 1.23 bits per heavy atom. The van der Waals surface area contributed by atoms with Gasteiger partial charge in [0, 0.05) is 52.4 Å². The first-order chi connectivity index (χ1) is 26.5. The topological polar surface area (TPSA) is 9.49 Å². The van der Waals surface area contributed by atoms with Crippen LogP contribution in [-0.2, 0) is 23.2 Å². The second kappa shape index (κ2) is 14.2. The minimum atomic E-state index is -4.46. The van der Waals surface area contributed by atoms with Crippen LogP contribution in [0.15, 0.2) is 156 Å². The van der Waals surface area contributed by atoms with Gasteiger partial charge in [-0.1, -0.05) is 68.5 Å². The molecule has 3 aliphatic rings. The van der Waals surface area contributed by atoms with Gasteiger partial charge in [0.1, 0.15) is 6.54 Å². The summed E-state index contributed by atoms with van der Waals surface area (Å²) in [5, 5.41) is 0. The molecule has 9 heteroatoms. The van der Waals surface area contributed by atoms with E-state index >= 15 is 0 Å². The number of fused-ring (bicyclic) bond motifs is 2. The van der Waals surface area contributed by atoms with E-state index in [0.29, 0.717) is 24.2 Å². The summed E-state index contributed by atoms with van der Waals surface area (Å²) in [6.45, 7) is 12.9. The molecule has 0 spiro atoms. The highest BCUT2D eigenvalue weighted by molar-refractivity contribution is 6.03. The lowest BCUT2D eigenvalue weighted by atomic mass is 9.80. The van der Waals surface area contributed by atoms with E-state index in [0.717, 1.165) is 63.1 Å². The molecule has 0 unspecified atom stereocenters. The lowest BCUT2D eigenvalue weighted by molar-refractivity contribution is -0.433. The lowest BCUT2D eigenvalue weighted by Gasteiger charge is -2.29. The molecular formula is C47H44F6N3+. The molecule has 0 N–H and O–H groups in total. The van der Waals surface area contributed by atoms with Gasteiger partial charge in [0.15, 0.2) is 5.71 Å². The molecule has 0 bridgehead atoms. The van der Waals surface area contributed by atoms with Gasteiger partial charge >= 0.3 is 12.4 Å². The SMILES string of the molecule is CCN1/C(=C/C=C2\C=CC(/C=C/C3=[N+](CC)c4ccc(C(F)(F)F)cc4C3(C)C)=C2N(c2ccccc2)c2ccccc2)C(C)(C)c2cc(C(F)(F)F)ccc21. The van der Waals surface area contributed by atoms with Crippen molar-refractivity contribution in [3.8, 4) is 0 Å². The van der Waals surface area contributed by atoms with E-state index < -0.39 is 34.3 Å². The zero-order valence-electron chi connectivity index (χ0n) is 32.2. The molecule has 0 aromatic heterocycles. The predicted molar refractivity (Wildman–Crippen MR) is 214 cm³/mol. The summed E-state index contributed by atoms with van der Waals surface area (Å²) in [6, 6.07) is 27.9. The van der Waals surface area contributed by atoms with E-state index in [-0.39, 0.29) is 0 Å². The summed E-state index contributed by atoms with van der Waals surface area (Å²) in [5.74, 6) is 0. The molecule has 288 valence electrons. The van der Waals surface area contributed by atoms with Crippen molar-refractivity contribution in [2.75, 3.05) is 22.9 Å². The Labute approximate surface area is 324 Å². The summed E-state index contributed by atoms with van der Waals surface area (Å²) in [6.07, 6.45) is 3.24. The molecule has 2 heterocycles. The molecule has 0 radical (unpaired) electrons. The zero-order chi connectivity index (χ0) is 40.2. The average Bonchev–Trinajstić information content (AvgIpc) is 3.73. The predicted octanol–water partition coefficient (Wildman–Crippen LogP) is 13.0. The van der Waals surface area contributed by atoms with Crippen molar-refractivity contribution in [1.82, 2.24) is 0 Å². The van der Waals surface area contributed by atoms with Crippen molar-refractivity contribution < 1.29 is 30.9 Å². The molecule has 3 nitrogen and oxygen atoms in total. The smallest absolute Gasteiger partial charge is 0.344 e. The Balaban J connectivity index is 1.39. The van der Waals surface area contributed by atoms with Gasteiger partial charge in [-0.25, -0.2) is 0 Å². The monoisotopic (exact) mass is 764 g/mol. The minimum absolute atomic E-state index is 0.568. The Bertz CT molecular complexity index is 2310. The molecular weight excluding hydrogens is 721 g/mol. The van der Waals surface area contributed by atoms with Gasteiger partial charge in [-0.05, 0) is 111 Å².